The summed E-state index contributed by atoms with van der Waals surface area (Å²) in [5.74, 6) is -0.839. The summed E-state index contributed by atoms with van der Waals surface area (Å²) in [7, 11) is 1.58. The molecule has 0 spiro atoms. The van der Waals surface area contributed by atoms with Crippen molar-refractivity contribution < 1.29 is 29.3 Å². The Morgan fingerprint density at radius 1 is 1.30 bits per heavy atom. The van der Waals surface area contributed by atoms with Gasteiger partial charge in [0.15, 0.2) is 5.69 Å². The second-order valence-corrected chi connectivity index (χ2v) is 7.80. The van der Waals surface area contributed by atoms with Crippen molar-refractivity contribution in [2.45, 2.75) is 19.8 Å². The van der Waals surface area contributed by atoms with Crippen LogP contribution in [0.25, 0.3) is 10.9 Å². The smallest absolute Gasteiger partial charge is 0.317 e. The second-order valence-electron chi connectivity index (χ2n) is 6.95. The highest BCUT2D eigenvalue weighted by molar-refractivity contribution is 9.10. The molecule has 1 amide bonds. The number of nitrogens with one attached hydrogen (secondary N) is 2. The standard InChI is InChI=1S/C17H21BrN4O4.C2H4O2/c1-26-14-7-13-11(6-12(14)18)16(21-20-13)17(25)19-8-10-2-4-22(5-3-10)9-15(23)24;1-2(3)4/h6-7,10H,2-5,8-9H2,1H3,(H,19,25)(H,20,21)(H,23,24);1H3,(H,3,4). The van der Waals surface area contributed by atoms with Crippen LogP contribution in [0.3, 0.4) is 0 Å². The average molecular weight is 485 g/mol. The molecule has 30 heavy (non-hydrogen) atoms. The highest BCUT2D eigenvalue weighted by atomic mass is 79.9. The molecule has 0 atom stereocenters. The van der Waals surface area contributed by atoms with Crippen LogP contribution >= 0.6 is 15.9 Å². The fourth-order valence-electron chi connectivity index (χ4n) is 3.21. The number of hydrogen-bond donors (Lipinski definition) is 4. The Balaban J connectivity index is 0.000000735. The van der Waals surface area contributed by atoms with Gasteiger partial charge in [0, 0.05) is 24.9 Å². The zero-order valence-corrected chi connectivity index (χ0v) is 18.4. The lowest BCUT2D eigenvalue weighted by Gasteiger charge is -2.30. The molecule has 2 heterocycles. The van der Waals surface area contributed by atoms with E-state index in [1.54, 1.807) is 13.2 Å². The van der Waals surface area contributed by atoms with Gasteiger partial charge in [-0.3, -0.25) is 24.4 Å². The summed E-state index contributed by atoms with van der Waals surface area (Å²) in [6, 6.07) is 3.61. The normalized spacial score (nSPS) is 14.6. The summed E-state index contributed by atoms with van der Waals surface area (Å²) in [4.78, 5) is 34.2. The van der Waals surface area contributed by atoms with Gasteiger partial charge in [0.1, 0.15) is 5.75 Å². The van der Waals surface area contributed by atoms with Crippen LogP contribution in [0.15, 0.2) is 16.6 Å². The van der Waals surface area contributed by atoms with Gasteiger partial charge in [-0.2, -0.15) is 5.10 Å². The van der Waals surface area contributed by atoms with Crippen LogP contribution in [-0.4, -0.2) is 76.4 Å². The summed E-state index contributed by atoms with van der Waals surface area (Å²) in [5.41, 5.74) is 1.09. The molecule has 1 fully saturated rings. The number of ether oxygens (including phenoxy) is 1. The number of aromatic amines is 1. The zero-order chi connectivity index (χ0) is 22.3. The van der Waals surface area contributed by atoms with E-state index < -0.39 is 11.9 Å². The predicted molar refractivity (Wildman–Crippen MR) is 113 cm³/mol. The number of nitrogens with zero attached hydrogens (tertiary/aromatic N) is 2. The maximum absolute atomic E-state index is 12.5. The maximum Gasteiger partial charge on any atom is 0.317 e. The quantitative estimate of drug-likeness (QED) is 0.486. The molecule has 2 aromatic rings. The van der Waals surface area contributed by atoms with Crippen LogP contribution in [0.4, 0.5) is 0 Å². The molecule has 11 heteroatoms. The average Bonchev–Trinajstić information content (AvgIpc) is 3.08. The fourth-order valence-corrected chi connectivity index (χ4v) is 3.71. The van der Waals surface area contributed by atoms with E-state index in [9.17, 15) is 9.59 Å². The first kappa shape index (κ1) is 23.6. The summed E-state index contributed by atoms with van der Waals surface area (Å²) in [5, 5.41) is 26.9. The number of aromatic nitrogens is 2. The number of likely N-dealkylation sites (tertiary alicyclic amines) is 1. The lowest BCUT2D eigenvalue weighted by Crippen LogP contribution is -2.40. The van der Waals surface area contributed by atoms with E-state index in [-0.39, 0.29) is 12.5 Å². The highest BCUT2D eigenvalue weighted by Crippen LogP contribution is 2.30. The largest absolute Gasteiger partial charge is 0.495 e. The number of carbonyl (C=O) groups is 3. The number of rotatable bonds is 6. The van der Waals surface area contributed by atoms with E-state index in [0.717, 1.165) is 48.2 Å². The Kier molecular flexibility index (Phi) is 8.60. The number of hydrogen-bond acceptors (Lipinski definition) is 6. The van der Waals surface area contributed by atoms with Gasteiger partial charge in [0.25, 0.3) is 11.9 Å². The van der Waals surface area contributed by atoms with Crippen molar-refractivity contribution in [1.82, 2.24) is 20.4 Å². The molecule has 0 bridgehead atoms. The minimum atomic E-state index is -0.833. The molecule has 10 nitrogen and oxygen atoms in total. The van der Waals surface area contributed by atoms with Crippen molar-refractivity contribution in [2.24, 2.45) is 5.92 Å². The van der Waals surface area contributed by atoms with Gasteiger partial charge in [-0.25, -0.2) is 0 Å². The SMILES string of the molecule is CC(=O)O.COc1cc2[nH]nc(C(=O)NCC3CCN(CC(=O)O)CC3)c2cc1Br. The maximum atomic E-state index is 12.5. The van der Waals surface area contributed by atoms with Gasteiger partial charge in [0.2, 0.25) is 0 Å². The van der Waals surface area contributed by atoms with Crippen LogP contribution < -0.4 is 10.1 Å². The van der Waals surface area contributed by atoms with E-state index in [2.05, 4.69) is 31.4 Å². The molecule has 0 saturated carbocycles. The topological polar surface area (TPSA) is 145 Å². The van der Waals surface area contributed by atoms with Gasteiger partial charge >= 0.3 is 5.97 Å². The zero-order valence-electron chi connectivity index (χ0n) is 16.8. The Bertz CT molecular complexity index is 904. The molecule has 1 saturated heterocycles. The third-order valence-electron chi connectivity index (χ3n) is 4.67. The monoisotopic (exact) mass is 484 g/mol. The molecule has 0 aliphatic carbocycles. The van der Waals surface area contributed by atoms with Gasteiger partial charge in [0.05, 0.1) is 23.6 Å². The number of carboxylic acids is 2. The lowest BCUT2D eigenvalue weighted by molar-refractivity contribution is -0.138. The van der Waals surface area contributed by atoms with Crippen LogP contribution in [0.5, 0.6) is 5.75 Å². The molecule has 0 unspecified atom stereocenters. The first-order valence-electron chi connectivity index (χ1n) is 9.34. The Morgan fingerprint density at radius 2 is 1.93 bits per heavy atom. The summed E-state index contributed by atoms with van der Waals surface area (Å²) >= 11 is 3.42. The number of fused-ring (bicyclic) bond motifs is 1. The molecular weight excluding hydrogens is 460 g/mol. The van der Waals surface area contributed by atoms with Crippen molar-refractivity contribution in [2.75, 3.05) is 33.3 Å². The van der Waals surface area contributed by atoms with Crippen molar-refractivity contribution in [1.29, 1.82) is 0 Å². The number of aliphatic carboxylic acids is 2. The van der Waals surface area contributed by atoms with Gasteiger partial charge in [-0.1, -0.05) is 0 Å². The molecule has 1 aliphatic rings. The first-order valence-corrected chi connectivity index (χ1v) is 10.1. The minimum absolute atomic E-state index is 0.0800. The van der Waals surface area contributed by atoms with E-state index in [1.807, 2.05) is 11.0 Å². The van der Waals surface area contributed by atoms with E-state index in [1.165, 1.54) is 0 Å². The van der Waals surface area contributed by atoms with Crippen molar-refractivity contribution in [3.63, 3.8) is 0 Å². The molecule has 1 aliphatic heterocycles. The molecule has 3 rings (SSSR count). The number of carboxylic acid groups (broad SMARTS) is 2. The number of H-pyrrole nitrogens is 1. The van der Waals surface area contributed by atoms with Gasteiger partial charge in [-0.15, -0.1) is 0 Å². The lowest BCUT2D eigenvalue weighted by atomic mass is 9.96. The van der Waals surface area contributed by atoms with Crippen molar-refractivity contribution >= 4 is 44.7 Å². The van der Waals surface area contributed by atoms with Crippen LogP contribution in [0, 0.1) is 5.92 Å². The van der Waals surface area contributed by atoms with Crippen molar-refractivity contribution in [3.05, 3.63) is 22.3 Å². The number of benzene rings is 1. The number of halogens is 1. The summed E-state index contributed by atoms with van der Waals surface area (Å²) in [6.45, 7) is 3.21. The van der Waals surface area contributed by atoms with Crippen LogP contribution in [0.1, 0.15) is 30.3 Å². The molecule has 0 radical (unpaired) electrons. The molecule has 1 aromatic heterocycles. The number of piperidine rings is 1. The minimum Gasteiger partial charge on any atom is -0.495 e. The highest BCUT2D eigenvalue weighted by Gasteiger charge is 2.22. The molecule has 4 N–H and O–H groups in total. The fraction of sp³-hybridized carbons (Fsp3) is 0.474. The summed E-state index contributed by atoms with van der Waals surface area (Å²) < 4.78 is 6.00. The second kappa shape index (κ2) is 10.9. The van der Waals surface area contributed by atoms with Crippen LogP contribution in [-0.2, 0) is 9.59 Å². The van der Waals surface area contributed by atoms with E-state index in [4.69, 9.17) is 19.7 Å². The molecular formula is C19H25BrN4O6. The van der Waals surface area contributed by atoms with E-state index >= 15 is 0 Å². The van der Waals surface area contributed by atoms with Crippen molar-refractivity contribution in [3.8, 4) is 5.75 Å². The Morgan fingerprint density at radius 3 is 2.50 bits per heavy atom. The Labute approximate surface area is 181 Å². The molecule has 1 aromatic carbocycles. The van der Waals surface area contributed by atoms with Gasteiger partial charge in [-0.05, 0) is 53.8 Å². The first-order chi connectivity index (χ1) is 14.2. The van der Waals surface area contributed by atoms with Gasteiger partial charge < -0.3 is 20.3 Å². The third kappa shape index (κ3) is 6.70. The Hall–Kier alpha value is -2.66. The number of methoxy groups -OCH3 is 1. The summed E-state index contributed by atoms with van der Waals surface area (Å²) in [6.07, 6.45) is 1.75. The third-order valence-corrected chi connectivity index (χ3v) is 5.29. The predicted octanol–water partition coefficient (Wildman–Crippen LogP) is 1.95. The number of amides is 1. The molecule has 164 valence electrons. The number of carbonyl (C=O) groups excluding carboxylic acids is 1. The van der Waals surface area contributed by atoms with Crippen LogP contribution in [0.2, 0.25) is 0 Å². The van der Waals surface area contributed by atoms with E-state index in [0.29, 0.717) is 23.9 Å².